The van der Waals surface area contributed by atoms with E-state index in [0.717, 1.165) is 5.92 Å². The smallest absolute Gasteiger partial charge is 0.0414 e. The van der Waals surface area contributed by atoms with Gasteiger partial charge < -0.3 is 0 Å². The highest BCUT2D eigenvalue weighted by atomic mass is 14.1. The zero-order valence-electron chi connectivity index (χ0n) is 17.0. The van der Waals surface area contributed by atoms with Crippen molar-refractivity contribution < 1.29 is 0 Å². The molecule has 0 N–H and O–H groups in total. The molecule has 0 aromatic rings. The summed E-state index contributed by atoms with van der Waals surface area (Å²) in [6.45, 7) is 6.96. The third kappa shape index (κ3) is 18.2. The first-order valence-electron chi connectivity index (χ1n) is 11.3. The highest BCUT2D eigenvalue weighted by molar-refractivity contribution is 4.61. The molecule has 0 amide bonds. The van der Waals surface area contributed by atoms with E-state index >= 15 is 0 Å². The predicted octanol–water partition coefficient (Wildman–Crippen LogP) is 9.07. The van der Waals surface area contributed by atoms with E-state index in [2.05, 4.69) is 20.8 Å². The highest BCUT2D eigenvalue weighted by Gasteiger charge is 2.08. The Labute approximate surface area is 149 Å². The predicted molar refractivity (Wildman–Crippen MR) is 108 cm³/mol. The van der Waals surface area contributed by atoms with Gasteiger partial charge in [0.15, 0.2) is 0 Å². The van der Waals surface area contributed by atoms with Crippen LogP contribution in [0, 0.1) is 5.92 Å². The SMILES string of the molecule is CCCCCCCCCC(CCCC)CCCCCCCCC. The van der Waals surface area contributed by atoms with Crippen LogP contribution in [0.3, 0.4) is 0 Å². The van der Waals surface area contributed by atoms with Gasteiger partial charge in [0.2, 0.25) is 0 Å². The van der Waals surface area contributed by atoms with Gasteiger partial charge in [-0.3, -0.25) is 0 Å². The lowest BCUT2D eigenvalue weighted by atomic mass is 9.90. The number of rotatable bonds is 19. The van der Waals surface area contributed by atoms with Crippen LogP contribution in [0.15, 0.2) is 0 Å². The van der Waals surface area contributed by atoms with Gasteiger partial charge in [-0.15, -0.1) is 0 Å². The molecule has 0 radical (unpaired) electrons. The molecule has 0 bridgehead atoms. The molecule has 0 saturated heterocycles. The molecule has 0 rings (SSSR count). The molecule has 0 aliphatic rings. The van der Waals surface area contributed by atoms with Gasteiger partial charge in [-0.25, -0.2) is 0 Å². The molecule has 0 atom stereocenters. The van der Waals surface area contributed by atoms with E-state index in [1.807, 2.05) is 0 Å². The molecule has 0 spiro atoms. The van der Waals surface area contributed by atoms with E-state index in [4.69, 9.17) is 0 Å². The molecule has 23 heavy (non-hydrogen) atoms. The molecule has 0 aromatic heterocycles. The van der Waals surface area contributed by atoms with Crippen LogP contribution >= 0.6 is 0 Å². The first-order valence-corrected chi connectivity index (χ1v) is 11.3. The zero-order chi connectivity index (χ0) is 17.0. The molecular formula is C23H48. The minimum Gasteiger partial charge on any atom is -0.0654 e. The van der Waals surface area contributed by atoms with Gasteiger partial charge in [0.25, 0.3) is 0 Å². The summed E-state index contributed by atoms with van der Waals surface area (Å²) in [4.78, 5) is 0. The second kappa shape index (κ2) is 20.0. The lowest BCUT2D eigenvalue weighted by Gasteiger charge is -2.16. The summed E-state index contributed by atoms with van der Waals surface area (Å²) in [5.41, 5.74) is 0. The molecule has 0 fully saturated rings. The lowest BCUT2D eigenvalue weighted by Crippen LogP contribution is -2.01. The van der Waals surface area contributed by atoms with Crippen LogP contribution in [0.1, 0.15) is 143 Å². The maximum Gasteiger partial charge on any atom is -0.0414 e. The third-order valence-electron chi connectivity index (χ3n) is 5.40. The van der Waals surface area contributed by atoms with Gasteiger partial charge >= 0.3 is 0 Å². The fraction of sp³-hybridized carbons (Fsp3) is 1.00. The Morgan fingerprint density at radius 3 is 1.04 bits per heavy atom. The average molecular weight is 325 g/mol. The maximum absolute atomic E-state index is 2.35. The largest absolute Gasteiger partial charge is 0.0654 e. The van der Waals surface area contributed by atoms with Gasteiger partial charge in [-0.05, 0) is 5.92 Å². The quantitative estimate of drug-likeness (QED) is 0.208. The van der Waals surface area contributed by atoms with Gasteiger partial charge in [0, 0.05) is 0 Å². The topological polar surface area (TPSA) is 0 Å². The van der Waals surface area contributed by atoms with Crippen LogP contribution in [0.4, 0.5) is 0 Å². The molecule has 0 heterocycles. The molecule has 0 aromatic carbocycles. The number of unbranched alkanes of at least 4 members (excludes halogenated alkanes) is 13. The lowest BCUT2D eigenvalue weighted by molar-refractivity contribution is 0.370. The van der Waals surface area contributed by atoms with E-state index in [0.29, 0.717) is 0 Å². The Hall–Kier alpha value is 0. The fourth-order valence-corrected chi connectivity index (χ4v) is 3.71. The van der Waals surface area contributed by atoms with Crippen LogP contribution in [-0.2, 0) is 0 Å². The zero-order valence-corrected chi connectivity index (χ0v) is 17.0. The van der Waals surface area contributed by atoms with Crippen molar-refractivity contribution in [1.29, 1.82) is 0 Å². The first kappa shape index (κ1) is 23.0. The van der Waals surface area contributed by atoms with E-state index in [-0.39, 0.29) is 0 Å². The Bertz CT molecular complexity index is 178. The highest BCUT2D eigenvalue weighted by Crippen LogP contribution is 2.24. The van der Waals surface area contributed by atoms with Crippen molar-refractivity contribution in [2.45, 2.75) is 143 Å². The van der Waals surface area contributed by atoms with Crippen LogP contribution in [0.2, 0.25) is 0 Å². The first-order chi connectivity index (χ1) is 11.3. The summed E-state index contributed by atoms with van der Waals surface area (Å²) in [6.07, 6.45) is 27.8. The monoisotopic (exact) mass is 324 g/mol. The van der Waals surface area contributed by atoms with Crippen LogP contribution in [0.5, 0.6) is 0 Å². The van der Waals surface area contributed by atoms with Crippen LogP contribution < -0.4 is 0 Å². The van der Waals surface area contributed by atoms with Crippen molar-refractivity contribution in [1.82, 2.24) is 0 Å². The molecular weight excluding hydrogens is 276 g/mol. The van der Waals surface area contributed by atoms with Gasteiger partial charge in [0.05, 0.1) is 0 Å². The minimum atomic E-state index is 1.04. The molecule has 0 aliphatic heterocycles. The molecule has 0 heteroatoms. The van der Waals surface area contributed by atoms with Crippen molar-refractivity contribution in [3.63, 3.8) is 0 Å². The Morgan fingerprint density at radius 2 is 0.652 bits per heavy atom. The van der Waals surface area contributed by atoms with E-state index in [1.54, 1.807) is 0 Å². The Morgan fingerprint density at radius 1 is 0.348 bits per heavy atom. The van der Waals surface area contributed by atoms with Crippen molar-refractivity contribution in [2.75, 3.05) is 0 Å². The molecule has 0 unspecified atom stereocenters. The van der Waals surface area contributed by atoms with E-state index in [9.17, 15) is 0 Å². The minimum absolute atomic E-state index is 1.04. The van der Waals surface area contributed by atoms with Gasteiger partial charge in [-0.1, -0.05) is 143 Å². The Kier molecular flexibility index (Phi) is 20.0. The van der Waals surface area contributed by atoms with Crippen molar-refractivity contribution >= 4 is 0 Å². The summed E-state index contributed by atoms with van der Waals surface area (Å²) in [6, 6.07) is 0. The molecule has 140 valence electrons. The molecule has 0 aliphatic carbocycles. The summed E-state index contributed by atoms with van der Waals surface area (Å²) in [5, 5.41) is 0. The van der Waals surface area contributed by atoms with Crippen molar-refractivity contribution in [3.05, 3.63) is 0 Å². The second-order valence-electron chi connectivity index (χ2n) is 7.83. The summed E-state index contributed by atoms with van der Waals surface area (Å²) < 4.78 is 0. The van der Waals surface area contributed by atoms with Crippen LogP contribution in [-0.4, -0.2) is 0 Å². The molecule has 0 nitrogen and oxygen atoms in total. The van der Waals surface area contributed by atoms with Crippen LogP contribution in [0.25, 0.3) is 0 Å². The van der Waals surface area contributed by atoms with E-state index in [1.165, 1.54) is 122 Å². The Balaban J connectivity index is 3.56. The van der Waals surface area contributed by atoms with Gasteiger partial charge in [-0.2, -0.15) is 0 Å². The second-order valence-corrected chi connectivity index (χ2v) is 7.83. The van der Waals surface area contributed by atoms with Gasteiger partial charge in [0.1, 0.15) is 0 Å². The standard InChI is InChI=1S/C23H48/c1-4-7-10-12-14-16-18-21-23(20-9-6-3)22-19-17-15-13-11-8-5-2/h23H,4-22H2,1-3H3. The van der Waals surface area contributed by atoms with Crippen molar-refractivity contribution in [3.8, 4) is 0 Å². The summed E-state index contributed by atoms with van der Waals surface area (Å²) in [7, 11) is 0. The molecule has 0 saturated carbocycles. The van der Waals surface area contributed by atoms with E-state index < -0.39 is 0 Å². The number of hydrogen-bond acceptors (Lipinski definition) is 0. The summed E-state index contributed by atoms with van der Waals surface area (Å²) in [5.74, 6) is 1.04. The maximum atomic E-state index is 2.35. The number of hydrogen-bond donors (Lipinski definition) is 0. The normalized spacial score (nSPS) is 11.5. The van der Waals surface area contributed by atoms with Crippen molar-refractivity contribution in [2.24, 2.45) is 5.92 Å². The fourth-order valence-electron chi connectivity index (χ4n) is 3.71. The summed E-state index contributed by atoms with van der Waals surface area (Å²) >= 11 is 0. The average Bonchev–Trinajstić information content (AvgIpc) is 2.57. The third-order valence-corrected chi connectivity index (χ3v) is 5.40.